The first kappa shape index (κ1) is 6.53. The van der Waals surface area contributed by atoms with E-state index in [1.54, 1.807) is 0 Å². The van der Waals surface area contributed by atoms with Crippen LogP contribution >= 0.6 is 0 Å². The number of rotatable bonds is 0. The first-order valence-corrected chi connectivity index (χ1v) is 3.93. The normalized spacial score (nSPS) is 15.3. The van der Waals surface area contributed by atoms with Crippen LogP contribution in [-0.4, -0.2) is 6.54 Å². The van der Waals surface area contributed by atoms with E-state index in [9.17, 15) is 0 Å². The van der Waals surface area contributed by atoms with E-state index < -0.39 is 0 Å². The molecule has 11 heavy (non-hydrogen) atoms. The molecule has 0 spiro atoms. The van der Waals surface area contributed by atoms with Gasteiger partial charge in [0, 0.05) is 6.54 Å². The van der Waals surface area contributed by atoms with E-state index in [-0.39, 0.29) is 0 Å². The van der Waals surface area contributed by atoms with Gasteiger partial charge in [-0.25, -0.2) is 0 Å². The molecule has 1 heterocycles. The summed E-state index contributed by atoms with van der Waals surface area (Å²) in [4.78, 5) is 0. The number of nitrogen functional groups attached to an aromatic ring is 1. The van der Waals surface area contributed by atoms with Gasteiger partial charge in [-0.2, -0.15) is 0 Å². The van der Waals surface area contributed by atoms with Gasteiger partial charge in [0.15, 0.2) is 0 Å². The Balaban J connectivity index is 2.49. The molecule has 2 nitrogen and oxygen atoms in total. The summed E-state index contributed by atoms with van der Waals surface area (Å²) in [5, 5.41) is 4.37. The molecule has 1 aromatic carbocycles. The highest BCUT2D eigenvalue weighted by Gasteiger charge is 2.10. The Hall–Kier alpha value is -1.18. The lowest BCUT2D eigenvalue weighted by atomic mass is 10.0. The summed E-state index contributed by atoms with van der Waals surface area (Å²) in [6, 6.07) is 6.01. The Labute approximate surface area is 66.4 Å². The number of anilines is 1. The van der Waals surface area contributed by atoms with Crippen molar-refractivity contribution in [1.82, 2.24) is 5.32 Å². The lowest BCUT2D eigenvalue weighted by Gasteiger charge is -2.16. The van der Waals surface area contributed by atoms with Gasteiger partial charge < -0.3 is 5.73 Å². The SMILES string of the molecule is Nc1cccc2c1[N]CCC2. The molecule has 1 aliphatic rings. The molecule has 1 aromatic rings. The van der Waals surface area contributed by atoms with Gasteiger partial charge in [-0.3, -0.25) is 5.32 Å². The average molecular weight is 147 g/mol. The lowest BCUT2D eigenvalue weighted by Crippen LogP contribution is -2.12. The van der Waals surface area contributed by atoms with Crippen molar-refractivity contribution in [2.75, 3.05) is 12.3 Å². The number of para-hydroxylation sites is 1. The summed E-state index contributed by atoms with van der Waals surface area (Å²) < 4.78 is 0. The fourth-order valence-corrected chi connectivity index (χ4v) is 1.47. The topological polar surface area (TPSA) is 40.1 Å². The van der Waals surface area contributed by atoms with Gasteiger partial charge >= 0.3 is 0 Å². The van der Waals surface area contributed by atoms with Gasteiger partial charge in [0.2, 0.25) is 0 Å². The first-order valence-electron chi connectivity index (χ1n) is 3.93. The van der Waals surface area contributed by atoms with Crippen LogP contribution in [-0.2, 0) is 6.42 Å². The van der Waals surface area contributed by atoms with Gasteiger partial charge in [-0.05, 0) is 24.5 Å². The molecule has 0 aliphatic carbocycles. The molecule has 0 fully saturated rings. The highest BCUT2D eigenvalue weighted by atomic mass is 14.9. The number of hydrogen-bond acceptors (Lipinski definition) is 1. The number of fused-ring (bicyclic) bond motifs is 1. The fourth-order valence-electron chi connectivity index (χ4n) is 1.47. The van der Waals surface area contributed by atoms with Crippen LogP contribution < -0.4 is 11.1 Å². The molecule has 1 aliphatic heterocycles. The molecule has 0 saturated heterocycles. The molecular formula is C9H11N2. The molecule has 57 valence electrons. The van der Waals surface area contributed by atoms with Gasteiger partial charge in [0.25, 0.3) is 0 Å². The zero-order valence-electron chi connectivity index (χ0n) is 6.38. The van der Waals surface area contributed by atoms with Gasteiger partial charge in [0.05, 0.1) is 11.4 Å². The van der Waals surface area contributed by atoms with E-state index in [0.29, 0.717) is 0 Å². The second-order valence-corrected chi connectivity index (χ2v) is 2.84. The zero-order valence-corrected chi connectivity index (χ0v) is 6.38. The largest absolute Gasteiger partial charge is 0.397 e. The maximum atomic E-state index is 5.75. The summed E-state index contributed by atoms with van der Waals surface area (Å²) in [6.07, 6.45) is 2.29. The predicted molar refractivity (Wildman–Crippen MR) is 45.8 cm³/mol. The molecule has 1 radical (unpaired) electrons. The molecule has 0 atom stereocenters. The summed E-state index contributed by atoms with van der Waals surface area (Å²) in [6.45, 7) is 0.932. The summed E-state index contributed by atoms with van der Waals surface area (Å²) in [7, 11) is 0. The number of benzene rings is 1. The molecular weight excluding hydrogens is 136 g/mol. The lowest BCUT2D eigenvalue weighted by molar-refractivity contribution is 0.706. The van der Waals surface area contributed by atoms with Crippen LogP contribution in [0.3, 0.4) is 0 Å². The Morgan fingerprint density at radius 1 is 1.36 bits per heavy atom. The minimum absolute atomic E-state index is 0.821. The van der Waals surface area contributed by atoms with E-state index in [1.807, 2.05) is 12.1 Å². The van der Waals surface area contributed by atoms with Gasteiger partial charge in [-0.15, -0.1) is 0 Å². The van der Waals surface area contributed by atoms with Crippen LogP contribution in [0, 0.1) is 0 Å². The van der Waals surface area contributed by atoms with Gasteiger partial charge in [0.1, 0.15) is 0 Å². The second-order valence-electron chi connectivity index (χ2n) is 2.84. The molecule has 0 bridgehead atoms. The van der Waals surface area contributed by atoms with Crippen molar-refractivity contribution in [2.45, 2.75) is 12.8 Å². The first-order chi connectivity index (χ1) is 5.38. The van der Waals surface area contributed by atoms with Crippen molar-refractivity contribution < 1.29 is 0 Å². The third kappa shape index (κ3) is 1.04. The smallest absolute Gasteiger partial charge is 0.0835 e. The number of nitrogens with two attached hydrogens (primary N) is 1. The quantitative estimate of drug-likeness (QED) is 0.554. The van der Waals surface area contributed by atoms with Crippen LogP contribution in [0.15, 0.2) is 18.2 Å². The fraction of sp³-hybridized carbons (Fsp3) is 0.333. The number of nitrogens with zero attached hydrogens (tertiary/aromatic N) is 1. The maximum absolute atomic E-state index is 5.75. The second kappa shape index (κ2) is 2.46. The molecule has 2 N–H and O–H groups in total. The third-order valence-corrected chi connectivity index (χ3v) is 2.02. The Kier molecular flexibility index (Phi) is 1.46. The summed E-state index contributed by atoms with van der Waals surface area (Å²) in [5.74, 6) is 0. The van der Waals surface area contributed by atoms with Crippen molar-refractivity contribution in [1.29, 1.82) is 0 Å². The van der Waals surface area contributed by atoms with Crippen molar-refractivity contribution >= 4 is 11.4 Å². The molecule has 0 saturated carbocycles. The van der Waals surface area contributed by atoms with Crippen LogP contribution in [0.4, 0.5) is 11.4 Å². The minimum atomic E-state index is 0.821. The van der Waals surface area contributed by atoms with Crippen LogP contribution in [0.25, 0.3) is 0 Å². The Morgan fingerprint density at radius 2 is 2.27 bits per heavy atom. The highest BCUT2D eigenvalue weighted by molar-refractivity contribution is 5.66. The molecule has 0 aromatic heterocycles. The van der Waals surface area contributed by atoms with E-state index in [0.717, 1.165) is 30.8 Å². The average Bonchev–Trinajstić information content (AvgIpc) is 2.06. The molecule has 0 unspecified atom stereocenters. The number of aryl methyl sites for hydroxylation is 1. The van der Waals surface area contributed by atoms with E-state index in [2.05, 4.69) is 11.4 Å². The summed E-state index contributed by atoms with van der Waals surface area (Å²) in [5.41, 5.74) is 8.90. The monoisotopic (exact) mass is 147 g/mol. The highest BCUT2D eigenvalue weighted by Crippen LogP contribution is 2.27. The van der Waals surface area contributed by atoms with Crippen molar-refractivity contribution in [3.63, 3.8) is 0 Å². The van der Waals surface area contributed by atoms with Crippen LogP contribution in [0.1, 0.15) is 12.0 Å². The van der Waals surface area contributed by atoms with Crippen LogP contribution in [0.2, 0.25) is 0 Å². The maximum Gasteiger partial charge on any atom is 0.0835 e. The van der Waals surface area contributed by atoms with E-state index in [1.165, 1.54) is 5.56 Å². The van der Waals surface area contributed by atoms with Crippen molar-refractivity contribution in [3.8, 4) is 0 Å². The van der Waals surface area contributed by atoms with Crippen molar-refractivity contribution in [3.05, 3.63) is 23.8 Å². The zero-order chi connectivity index (χ0) is 7.68. The Bertz CT molecular complexity index is 268. The summed E-state index contributed by atoms with van der Waals surface area (Å²) >= 11 is 0. The molecule has 2 heteroatoms. The molecule has 2 rings (SSSR count). The van der Waals surface area contributed by atoms with Gasteiger partial charge in [-0.1, -0.05) is 12.1 Å². The Morgan fingerprint density at radius 3 is 3.09 bits per heavy atom. The van der Waals surface area contributed by atoms with Crippen molar-refractivity contribution in [2.24, 2.45) is 0 Å². The van der Waals surface area contributed by atoms with E-state index >= 15 is 0 Å². The van der Waals surface area contributed by atoms with E-state index in [4.69, 9.17) is 5.73 Å². The predicted octanol–water partition coefficient (Wildman–Crippen LogP) is 1.45. The molecule has 0 amide bonds. The number of hydrogen-bond donors (Lipinski definition) is 1. The minimum Gasteiger partial charge on any atom is -0.397 e. The third-order valence-electron chi connectivity index (χ3n) is 2.02. The van der Waals surface area contributed by atoms with Crippen LogP contribution in [0.5, 0.6) is 0 Å². The standard InChI is InChI=1S/C9H11N2/c10-8-5-1-3-7-4-2-6-11-9(7)8/h1,3,5H,2,4,6,10H2.